The molecule has 11 heteroatoms. The Morgan fingerprint density at radius 1 is 1.21 bits per heavy atom. The van der Waals surface area contributed by atoms with Gasteiger partial charge in [-0.1, -0.05) is 0 Å². The summed E-state index contributed by atoms with van der Waals surface area (Å²) in [6.07, 6.45) is -1.82. The van der Waals surface area contributed by atoms with E-state index in [1.54, 1.807) is 16.9 Å². The second-order valence-corrected chi connectivity index (χ2v) is 6.67. The molecule has 1 fully saturated rings. The van der Waals surface area contributed by atoms with Gasteiger partial charge in [0.25, 0.3) is 5.56 Å². The molecule has 0 amide bonds. The minimum atomic E-state index is -4.47. The van der Waals surface area contributed by atoms with Gasteiger partial charge in [0.2, 0.25) is 5.95 Å². The molecule has 8 nitrogen and oxygen atoms in total. The molecule has 156 valence electrons. The van der Waals surface area contributed by atoms with E-state index in [0.29, 0.717) is 31.7 Å². The highest BCUT2D eigenvalue weighted by Crippen LogP contribution is 2.28. The summed E-state index contributed by atoms with van der Waals surface area (Å²) >= 11 is 0. The fourth-order valence-electron chi connectivity index (χ4n) is 2.91. The number of alkyl halides is 3. The van der Waals surface area contributed by atoms with Crippen molar-refractivity contribution in [3.05, 3.63) is 51.7 Å². The average molecular weight is 411 g/mol. The normalized spacial score (nSPS) is 16.7. The van der Waals surface area contributed by atoms with E-state index in [9.17, 15) is 22.8 Å². The molecule has 1 aliphatic rings. The monoisotopic (exact) mass is 411 g/mol. The van der Waals surface area contributed by atoms with Crippen molar-refractivity contribution in [1.82, 2.24) is 20.0 Å². The van der Waals surface area contributed by atoms with Crippen molar-refractivity contribution in [2.45, 2.75) is 26.1 Å². The van der Waals surface area contributed by atoms with Crippen LogP contribution in [0.4, 0.5) is 19.1 Å². The topological polar surface area (TPSA) is 91.4 Å². The van der Waals surface area contributed by atoms with Crippen LogP contribution < -0.4 is 10.5 Å². The maximum absolute atomic E-state index is 12.6. The second kappa shape index (κ2) is 8.29. The lowest BCUT2D eigenvalue weighted by Crippen LogP contribution is -2.47. The van der Waals surface area contributed by atoms with Gasteiger partial charge in [0.1, 0.15) is 6.10 Å². The number of carbonyl (C=O) groups is 1. The predicted molar refractivity (Wildman–Crippen MR) is 97.4 cm³/mol. The summed E-state index contributed by atoms with van der Waals surface area (Å²) in [6.45, 7) is 5.03. The van der Waals surface area contributed by atoms with Crippen molar-refractivity contribution in [3.8, 4) is 0 Å². The molecule has 0 bridgehead atoms. The first-order chi connectivity index (χ1) is 13.6. The van der Waals surface area contributed by atoms with E-state index in [0.717, 1.165) is 12.4 Å². The van der Waals surface area contributed by atoms with Gasteiger partial charge in [0, 0.05) is 44.8 Å². The Balaban J connectivity index is 1.58. The van der Waals surface area contributed by atoms with Gasteiger partial charge in [-0.05, 0) is 25.5 Å². The number of hydrogen-bond acceptors (Lipinski definition) is 7. The molecule has 3 rings (SSSR count). The van der Waals surface area contributed by atoms with Crippen LogP contribution in [-0.4, -0.2) is 52.0 Å². The third kappa shape index (κ3) is 4.98. The van der Waals surface area contributed by atoms with Crippen molar-refractivity contribution in [3.63, 3.8) is 0 Å². The third-order valence-electron chi connectivity index (χ3n) is 4.57. The summed E-state index contributed by atoms with van der Waals surface area (Å²) in [4.78, 5) is 41.0. The summed E-state index contributed by atoms with van der Waals surface area (Å²) in [5, 5.41) is 1.73. The highest BCUT2D eigenvalue weighted by Gasteiger charge is 2.32. The number of aromatic amines is 1. The lowest BCUT2D eigenvalue weighted by molar-refractivity contribution is -0.197. The first kappa shape index (κ1) is 20.9. The highest BCUT2D eigenvalue weighted by atomic mass is 19.4. The number of hydrogen-bond donors (Lipinski definition) is 1. The van der Waals surface area contributed by atoms with Gasteiger partial charge in [0.05, 0.1) is 11.1 Å². The number of H-pyrrole nitrogens is 1. The Labute approximate surface area is 164 Å². The molecule has 29 heavy (non-hydrogen) atoms. The summed E-state index contributed by atoms with van der Waals surface area (Å²) < 4.78 is 37.8. The van der Waals surface area contributed by atoms with Crippen LogP contribution in [0.1, 0.15) is 41.4 Å². The van der Waals surface area contributed by atoms with Crippen LogP contribution in [0, 0.1) is 0 Å². The standard InChI is InChI=1S/C18H20F3N5O3/c1-11(27)15-7-13(8-22-16(15)28)12(2)29-26-5-3-25(4-6-26)17-23-9-14(10-24-17)18(19,20)21/h7-10,12H,3-6H2,1-2H3,(H,22,28). The van der Waals surface area contributed by atoms with Crippen LogP contribution in [0.2, 0.25) is 0 Å². The van der Waals surface area contributed by atoms with Gasteiger partial charge >= 0.3 is 6.18 Å². The number of carbonyl (C=O) groups excluding carboxylic acids is 1. The molecule has 2 aromatic heterocycles. The molecule has 0 aliphatic carbocycles. The van der Waals surface area contributed by atoms with Crippen molar-refractivity contribution in [2.24, 2.45) is 0 Å². The van der Waals surface area contributed by atoms with Crippen LogP contribution in [0.3, 0.4) is 0 Å². The second-order valence-electron chi connectivity index (χ2n) is 6.67. The molecule has 2 aromatic rings. The molecule has 1 atom stereocenters. The van der Waals surface area contributed by atoms with E-state index in [4.69, 9.17) is 4.84 Å². The number of aromatic nitrogens is 3. The number of rotatable bonds is 5. The molecule has 3 heterocycles. The van der Waals surface area contributed by atoms with E-state index in [1.165, 1.54) is 19.2 Å². The zero-order valence-corrected chi connectivity index (χ0v) is 15.9. The maximum Gasteiger partial charge on any atom is 0.419 e. The fourth-order valence-corrected chi connectivity index (χ4v) is 2.91. The van der Waals surface area contributed by atoms with Crippen LogP contribution in [-0.2, 0) is 11.0 Å². The molecule has 0 saturated carbocycles. The van der Waals surface area contributed by atoms with E-state index >= 15 is 0 Å². The minimum absolute atomic E-state index is 0.0715. The molecule has 1 aliphatic heterocycles. The van der Waals surface area contributed by atoms with Crippen LogP contribution in [0.25, 0.3) is 0 Å². The highest BCUT2D eigenvalue weighted by molar-refractivity contribution is 5.93. The largest absolute Gasteiger partial charge is 0.419 e. The Kier molecular flexibility index (Phi) is 5.99. The van der Waals surface area contributed by atoms with Crippen LogP contribution in [0.15, 0.2) is 29.5 Å². The number of nitrogens with zero attached hydrogens (tertiary/aromatic N) is 4. The van der Waals surface area contributed by atoms with E-state index in [1.807, 2.05) is 0 Å². The SMILES string of the molecule is CC(=O)c1cc(C(C)ON2CCN(c3ncc(C(F)(F)F)cn3)CC2)c[nH]c1=O. The number of ketones is 1. The molecular weight excluding hydrogens is 391 g/mol. The predicted octanol–water partition coefficient (Wildman–Crippen LogP) is 2.20. The van der Waals surface area contributed by atoms with Crippen molar-refractivity contribution < 1.29 is 22.8 Å². The average Bonchev–Trinajstić information content (AvgIpc) is 2.68. The molecule has 0 spiro atoms. The van der Waals surface area contributed by atoms with Crippen molar-refractivity contribution in [1.29, 1.82) is 0 Å². The van der Waals surface area contributed by atoms with E-state index in [2.05, 4.69) is 15.0 Å². The van der Waals surface area contributed by atoms with Gasteiger partial charge in [-0.2, -0.15) is 18.2 Å². The Bertz CT molecular complexity index is 922. The minimum Gasteiger partial charge on any atom is -0.338 e. The van der Waals surface area contributed by atoms with E-state index < -0.39 is 23.4 Å². The van der Waals surface area contributed by atoms with Crippen molar-refractivity contribution >= 4 is 11.7 Å². The smallest absolute Gasteiger partial charge is 0.338 e. The zero-order valence-electron chi connectivity index (χ0n) is 15.9. The van der Waals surface area contributed by atoms with Crippen LogP contribution in [0.5, 0.6) is 0 Å². The summed E-state index contributed by atoms with van der Waals surface area (Å²) in [5.74, 6) is -0.0945. The van der Waals surface area contributed by atoms with Gasteiger partial charge in [-0.25, -0.2) is 9.97 Å². The molecule has 0 aromatic carbocycles. The number of halogens is 3. The number of hydroxylamine groups is 2. The molecule has 0 radical (unpaired) electrons. The Morgan fingerprint density at radius 3 is 2.38 bits per heavy atom. The third-order valence-corrected chi connectivity index (χ3v) is 4.57. The summed E-state index contributed by atoms with van der Waals surface area (Å²) in [7, 11) is 0. The van der Waals surface area contributed by atoms with E-state index in [-0.39, 0.29) is 17.3 Å². The summed E-state index contributed by atoms with van der Waals surface area (Å²) in [5.41, 5.74) is -0.605. The number of anilines is 1. The number of Topliss-reactive ketones (excluding diaryl/α,β-unsaturated/α-hetero) is 1. The van der Waals surface area contributed by atoms with Gasteiger partial charge in [-0.3, -0.25) is 14.4 Å². The fraction of sp³-hybridized carbons (Fsp3) is 0.444. The quantitative estimate of drug-likeness (QED) is 0.755. The molecular formula is C18H20F3N5O3. The zero-order chi connectivity index (χ0) is 21.2. The number of pyridine rings is 1. The Morgan fingerprint density at radius 2 is 1.83 bits per heavy atom. The molecule has 1 N–H and O–H groups in total. The lowest BCUT2D eigenvalue weighted by atomic mass is 10.1. The first-order valence-corrected chi connectivity index (χ1v) is 8.94. The Hall–Kier alpha value is -2.79. The van der Waals surface area contributed by atoms with Gasteiger partial charge in [0.15, 0.2) is 5.78 Å². The molecule has 1 saturated heterocycles. The van der Waals surface area contributed by atoms with Gasteiger partial charge < -0.3 is 9.88 Å². The maximum atomic E-state index is 12.6. The molecule has 1 unspecified atom stereocenters. The van der Waals surface area contributed by atoms with Crippen molar-refractivity contribution in [2.75, 3.05) is 31.1 Å². The lowest BCUT2D eigenvalue weighted by Gasteiger charge is -2.35. The van der Waals surface area contributed by atoms with Crippen LogP contribution >= 0.6 is 0 Å². The number of nitrogens with one attached hydrogen (secondary N) is 1. The van der Waals surface area contributed by atoms with Gasteiger partial charge in [-0.15, -0.1) is 0 Å². The first-order valence-electron chi connectivity index (χ1n) is 8.94. The summed E-state index contributed by atoms with van der Waals surface area (Å²) in [6, 6.07) is 1.51. The number of piperazine rings is 1.